The van der Waals surface area contributed by atoms with E-state index in [0.29, 0.717) is 12.1 Å². The Hall–Kier alpha value is -1.67. The van der Waals surface area contributed by atoms with Crippen molar-refractivity contribution in [2.24, 2.45) is 16.8 Å². The van der Waals surface area contributed by atoms with E-state index >= 15 is 0 Å². The van der Waals surface area contributed by atoms with Crippen LogP contribution in [0.15, 0.2) is 27.8 Å². The van der Waals surface area contributed by atoms with Gasteiger partial charge in [0.1, 0.15) is 20.6 Å². The van der Waals surface area contributed by atoms with Crippen molar-refractivity contribution < 1.29 is 26.3 Å². The van der Waals surface area contributed by atoms with Crippen molar-refractivity contribution in [3.63, 3.8) is 0 Å². The van der Waals surface area contributed by atoms with Crippen LogP contribution in [-0.2, 0) is 6.18 Å². The molecular formula is C12H9Cl2F6N6S+. The lowest BCUT2D eigenvalue weighted by molar-refractivity contribution is -0.137. The fourth-order valence-electron chi connectivity index (χ4n) is 2.20. The third kappa shape index (κ3) is 4.27. The average molecular weight is 454 g/mol. The Bertz CT molecular complexity index is 829. The van der Waals surface area contributed by atoms with Crippen LogP contribution in [0.4, 0.5) is 32.0 Å². The maximum atomic E-state index is 12.9. The summed E-state index contributed by atoms with van der Waals surface area (Å²) >= 11 is 11.0. The second-order valence-corrected chi connectivity index (χ2v) is 6.93. The first-order valence-corrected chi connectivity index (χ1v) is 8.13. The topological polar surface area (TPSA) is 100 Å². The second-order valence-electron chi connectivity index (χ2n) is 5.04. The molecule has 0 amide bonds. The highest BCUT2D eigenvalue weighted by atomic mass is 35.5. The van der Waals surface area contributed by atoms with Gasteiger partial charge in [-0.25, -0.2) is 10.8 Å². The zero-order chi connectivity index (χ0) is 20.8. The fourth-order valence-corrected chi connectivity index (χ4v) is 3.63. The minimum Gasteiger partial charge on any atom is -0.323 e. The van der Waals surface area contributed by atoms with Gasteiger partial charge in [0.25, 0.3) is 5.84 Å². The number of quaternary nitrogens is 1. The van der Waals surface area contributed by atoms with Gasteiger partial charge >= 0.3 is 11.7 Å². The van der Waals surface area contributed by atoms with E-state index in [4.69, 9.17) is 40.3 Å². The number of hydrogen-bond donors (Lipinski definition) is 4. The van der Waals surface area contributed by atoms with Gasteiger partial charge in [0.2, 0.25) is 5.69 Å². The summed E-state index contributed by atoms with van der Waals surface area (Å²) in [6.45, 7) is 0. The van der Waals surface area contributed by atoms with Crippen molar-refractivity contribution in [2.45, 2.75) is 11.7 Å². The maximum absolute atomic E-state index is 12.9. The Morgan fingerprint density at radius 1 is 1.15 bits per heavy atom. The molecule has 0 spiro atoms. The van der Waals surface area contributed by atoms with E-state index in [1.54, 1.807) is 0 Å². The van der Waals surface area contributed by atoms with Crippen LogP contribution in [0.3, 0.4) is 0 Å². The van der Waals surface area contributed by atoms with Crippen molar-refractivity contribution in [1.29, 1.82) is 5.41 Å². The van der Waals surface area contributed by atoms with Gasteiger partial charge in [-0.15, -0.1) is 5.84 Å². The molecule has 1 aromatic carbocycles. The van der Waals surface area contributed by atoms with Crippen LogP contribution in [0, 0.1) is 5.41 Å². The number of allylic oxidation sites excluding steroid dienone is 1. The van der Waals surface area contributed by atoms with E-state index in [2.05, 4.69) is 10.5 Å². The molecule has 0 aliphatic carbocycles. The van der Waals surface area contributed by atoms with Gasteiger partial charge in [-0.2, -0.15) is 31.4 Å². The monoisotopic (exact) mass is 453 g/mol. The Morgan fingerprint density at radius 2 is 1.67 bits per heavy atom. The molecule has 0 aromatic heterocycles. The molecule has 0 bridgehead atoms. The van der Waals surface area contributed by atoms with E-state index in [-0.39, 0.29) is 5.70 Å². The number of hydrazone groups is 1. The van der Waals surface area contributed by atoms with E-state index in [9.17, 15) is 26.3 Å². The normalized spacial score (nSPS) is 21.3. The third-order valence-corrected chi connectivity index (χ3v) is 4.65. The Balaban J connectivity index is 2.59. The molecule has 1 atom stereocenters. The minimum atomic E-state index is -4.79. The molecule has 1 unspecified atom stereocenters. The Kier molecular flexibility index (Phi) is 5.65. The molecule has 0 fully saturated rings. The highest BCUT2D eigenvalue weighted by molar-refractivity contribution is 8.04. The summed E-state index contributed by atoms with van der Waals surface area (Å²) in [5, 5.41) is 9.87. The van der Waals surface area contributed by atoms with Crippen molar-refractivity contribution >= 4 is 52.7 Å². The number of hydrogen-bond acceptors (Lipinski definition) is 6. The van der Waals surface area contributed by atoms with Crippen molar-refractivity contribution in [3.8, 4) is 0 Å². The summed E-state index contributed by atoms with van der Waals surface area (Å²) < 4.78 is 75.5. The molecule has 1 aliphatic rings. The summed E-state index contributed by atoms with van der Waals surface area (Å²) in [6, 6.07) is 0.992. The second kappa shape index (κ2) is 7.05. The summed E-state index contributed by atoms with van der Waals surface area (Å²) in [7, 11) is 0. The minimum absolute atomic E-state index is 0.389. The lowest BCUT2D eigenvalue weighted by Gasteiger charge is -2.28. The van der Waals surface area contributed by atoms with Crippen LogP contribution < -0.4 is 21.8 Å². The van der Waals surface area contributed by atoms with Crippen LogP contribution in [0.1, 0.15) is 5.56 Å². The average Bonchev–Trinajstić information content (AvgIpc) is 2.70. The number of nitrogens with two attached hydrogens (primary N) is 2. The zero-order valence-electron chi connectivity index (χ0n) is 12.7. The van der Waals surface area contributed by atoms with Crippen LogP contribution in [-0.4, -0.2) is 17.6 Å². The molecule has 1 aromatic rings. The standard InChI is InChI=1S/C12H9Cl2F6N6S/c13-5-1-4(11(15,16)17)2-6(14)8(5)26(23)10(21)9(27-12(18,19)20)7(25-26)3-24-22/h1-3,21,25H,22-23H2/q+1. The first kappa shape index (κ1) is 21.6. The number of benzene rings is 1. The molecule has 0 saturated carbocycles. The van der Waals surface area contributed by atoms with Gasteiger partial charge < -0.3 is 5.84 Å². The number of nitrogens with one attached hydrogen (secondary N) is 2. The molecule has 1 aliphatic heterocycles. The molecule has 148 valence electrons. The van der Waals surface area contributed by atoms with Gasteiger partial charge in [0.15, 0.2) is 0 Å². The number of halogens is 8. The van der Waals surface area contributed by atoms with E-state index in [0.717, 1.165) is 6.21 Å². The summed E-state index contributed by atoms with van der Waals surface area (Å²) in [4.78, 5) is -0.703. The van der Waals surface area contributed by atoms with Crippen LogP contribution in [0.25, 0.3) is 0 Å². The molecule has 6 nitrogen and oxygen atoms in total. The van der Waals surface area contributed by atoms with Gasteiger partial charge in [-0.1, -0.05) is 27.9 Å². The first-order chi connectivity index (χ1) is 12.2. The van der Waals surface area contributed by atoms with E-state index in [1.165, 1.54) is 0 Å². The number of alkyl halides is 6. The lowest BCUT2D eigenvalue weighted by atomic mass is 10.2. The van der Waals surface area contributed by atoms with Gasteiger partial charge in [0.05, 0.1) is 11.8 Å². The predicted molar refractivity (Wildman–Crippen MR) is 91.7 cm³/mol. The smallest absolute Gasteiger partial charge is 0.323 e. The molecule has 2 rings (SSSR count). The number of rotatable bonds is 3. The molecule has 15 heteroatoms. The SMILES string of the molecule is N=C1C(SC(F)(F)F)=C(C=NN)N[N+]1(N)c1c(Cl)cc(C(F)(F)F)cc1Cl. The summed E-state index contributed by atoms with van der Waals surface area (Å²) in [5.41, 5.74) is -4.52. The molecule has 0 saturated heterocycles. The first-order valence-electron chi connectivity index (χ1n) is 6.56. The number of nitrogens with zero attached hydrogens (tertiary/aromatic N) is 2. The van der Waals surface area contributed by atoms with Crippen LogP contribution in [0.5, 0.6) is 0 Å². The molecular weight excluding hydrogens is 445 g/mol. The highest BCUT2D eigenvalue weighted by Crippen LogP contribution is 2.46. The van der Waals surface area contributed by atoms with Gasteiger partial charge in [0, 0.05) is 0 Å². The van der Waals surface area contributed by atoms with Crippen molar-refractivity contribution in [2.75, 3.05) is 0 Å². The Morgan fingerprint density at radius 3 is 2.07 bits per heavy atom. The van der Waals surface area contributed by atoms with Gasteiger partial charge in [-0.05, 0) is 23.9 Å². The maximum Gasteiger partial charge on any atom is 0.446 e. The molecule has 6 N–H and O–H groups in total. The largest absolute Gasteiger partial charge is 0.446 e. The van der Waals surface area contributed by atoms with E-state index < -0.39 is 60.2 Å². The zero-order valence-corrected chi connectivity index (χ0v) is 15.0. The fraction of sp³-hybridized carbons (Fsp3) is 0.167. The van der Waals surface area contributed by atoms with Crippen molar-refractivity contribution in [3.05, 3.63) is 38.3 Å². The highest BCUT2D eigenvalue weighted by Gasteiger charge is 2.51. The lowest BCUT2D eigenvalue weighted by Crippen LogP contribution is -2.65. The number of thioether (sulfide) groups is 1. The third-order valence-electron chi connectivity index (χ3n) is 3.23. The molecule has 0 radical (unpaired) electrons. The van der Waals surface area contributed by atoms with E-state index in [1.807, 2.05) is 0 Å². The predicted octanol–water partition coefficient (Wildman–Crippen LogP) is 4.10. The number of amidine groups is 1. The molecule has 1 heterocycles. The van der Waals surface area contributed by atoms with Crippen molar-refractivity contribution in [1.82, 2.24) is 10.1 Å². The van der Waals surface area contributed by atoms with Crippen LogP contribution >= 0.6 is 35.0 Å². The summed E-state index contributed by atoms with van der Waals surface area (Å²) in [6.07, 6.45) is -4.01. The molecule has 27 heavy (non-hydrogen) atoms. The summed E-state index contributed by atoms with van der Waals surface area (Å²) in [5.74, 6) is 10.0. The quantitative estimate of drug-likeness (QED) is 0.182. The van der Waals surface area contributed by atoms with Gasteiger partial charge in [-0.3, -0.25) is 0 Å². The van der Waals surface area contributed by atoms with Crippen LogP contribution in [0.2, 0.25) is 10.0 Å². The Labute approximate surface area is 161 Å².